The van der Waals surface area contributed by atoms with Gasteiger partial charge in [0.25, 0.3) is 0 Å². The summed E-state index contributed by atoms with van der Waals surface area (Å²) in [5, 5.41) is 10.0. The second-order valence-electron chi connectivity index (χ2n) is 4.61. The summed E-state index contributed by atoms with van der Waals surface area (Å²) in [6, 6.07) is 10.1. The van der Waals surface area contributed by atoms with Crippen LogP contribution in [0.15, 0.2) is 40.6 Å². The van der Waals surface area contributed by atoms with Gasteiger partial charge >= 0.3 is 0 Å². The van der Waals surface area contributed by atoms with Crippen molar-refractivity contribution in [3.63, 3.8) is 0 Å². The van der Waals surface area contributed by atoms with Gasteiger partial charge in [-0.25, -0.2) is 13.1 Å². The van der Waals surface area contributed by atoms with Crippen LogP contribution in [-0.2, 0) is 16.4 Å². The van der Waals surface area contributed by atoms with Gasteiger partial charge < -0.3 is 10.8 Å². The van der Waals surface area contributed by atoms with Crippen molar-refractivity contribution in [2.24, 2.45) is 0 Å². The van der Waals surface area contributed by atoms with E-state index in [4.69, 9.17) is 5.73 Å². The lowest BCUT2D eigenvalue weighted by Gasteiger charge is -2.12. The molecule has 0 aliphatic rings. The number of hydrogen-bond acceptors (Lipinski definition) is 5. The number of nitrogen functional groups attached to an aromatic ring is 1. The highest BCUT2D eigenvalue weighted by Gasteiger charge is 2.18. The first-order valence-electron chi connectivity index (χ1n) is 6.54. The van der Waals surface area contributed by atoms with Gasteiger partial charge in [-0.3, -0.25) is 0 Å². The summed E-state index contributed by atoms with van der Waals surface area (Å²) in [6.07, 6.45) is -0.111. The zero-order valence-corrected chi connectivity index (χ0v) is 13.2. The summed E-state index contributed by atoms with van der Waals surface area (Å²) in [7, 11) is -3.58. The number of nitrogens with one attached hydrogen (secondary N) is 1. The lowest BCUT2D eigenvalue weighted by molar-refractivity contribution is 0.182. The van der Waals surface area contributed by atoms with Crippen LogP contribution >= 0.6 is 11.3 Å². The monoisotopic (exact) mass is 326 g/mol. The van der Waals surface area contributed by atoms with E-state index in [1.807, 2.05) is 6.92 Å². The van der Waals surface area contributed by atoms with Crippen molar-refractivity contribution >= 4 is 27.0 Å². The van der Waals surface area contributed by atoms with Crippen molar-refractivity contribution in [2.75, 3.05) is 12.3 Å². The summed E-state index contributed by atoms with van der Waals surface area (Å²) in [4.78, 5) is 1.01. The number of benzene rings is 1. The average molecular weight is 326 g/mol. The number of aryl methyl sites for hydroxylation is 1. The highest BCUT2D eigenvalue weighted by molar-refractivity contribution is 7.91. The van der Waals surface area contributed by atoms with E-state index in [-0.39, 0.29) is 10.8 Å². The Morgan fingerprint density at radius 2 is 1.90 bits per heavy atom. The van der Waals surface area contributed by atoms with Crippen molar-refractivity contribution in [2.45, 2.75) is 23.7 Å². The van der Waals surface area contributed by atoms with Gasteiger partial charge in [0, 0.05) is 17.1 Å². The Hall–Kier alpha value is -1.41. The van der Waals surface area contributed by atoms with Crippen LogP contribution in [0.5, 0.6) is 0 Å². The molecule has 5 nitrogen and oxygen atoms in total. The van der Waals surface area contributed by atoms with E-state index in [1.165, 1.54) is 11.3 Å². The van der Waals surface area contributed by atoms with Crippen LogP contribution in [0.2, 0.25) is 0 Å². The van der Waals surface area contributed by atoms with Crippen molar-refractivity contribution < 1.29 is 13.5 Å². The largest absolute Gasteiger partial charge is 0.399 e. The molecule has 2 rings (SSSR count). The molecule has 1 atom stereocenters. The lowest BCUT2D eigenvalue weighted by atomic mass is 10.1. The molecule has 0 saturated carbocycles. The molecule has 4 N–H and O–H groups in total. The van der Waals surface area contributed by atoms with Gasteiger partial charge in [-0.2, -0.15) is 0 Å². The predicted octanol–water partition coefficient (Wildman–Crippen LogP) is 1.90. The maximum Gasteiger partial charge on any atom is 0.250 e. The Morgan fingerprint density at radius 3 is 2.48 bits per heavy atom. The highest BCUT2D eigenvalue weighted by Crippen LogP contribution is 2.22. The Labute approximate surface area is 128 Å². The maximum absolute atomic E-state index is 12.1. The molecule has 1 unspecified atom stereocenters. The molecular weight excluding hydrogens is 308 g/mol. The molecule has 0 bridgehead atoms. The Kier molecular flexibility index (Phi) is 5.00. The molecule has 1 heterocycles. The fourth-order valence-electron chi connectivity index (χ4n) is 1.79. The Bertz CT molecular complexity index is 693. The van der Waals surface area contributed by atoms with E-state index in [9.17, 15) is 13.5 Å². The third-order valence-electron chi connectivity index (χ3n) is 3.04. The van der Waals surface area contributed by atoms with E-state index in [0.717, 1.165) is 11.3 Å². The SMILES string of the molecule is CCc1ccc(S(=O)(=O)NCC(O)c2ccc(N)cc2)s1. The third kappa shape index (κ3) is 4.04. The number of aliphatic hydroxyl groups excluding tert-OH is 1. The van der Waals surface area contributed by atoms with E-state index in [0.29, 0.717) is 11.3 Å². The summed E-state index contributed by atoms with van der Waals surface area (Å²) < 4.78 is 26.9. The fraction of sp³-hybridized carbons (Fsp3) is 0.286. The minimum atomic E-state index is -3.58. The van der Waals surface area contributed by atoms with Gasteiger partial charge in [-0.15, -0.1) is 11.3 Å². The first-order chi connectivity index (χ1) is 9.92. The van der Waals surface area contributed by atoms with E-state index in [1.54, 1.807) is 36.4 Å². The third-order valence-corrected chi connectivity index (χ3v) is 6.18. The van der Waals surface area contributed by atoms with Crippen LogP contribution in [-0.4, -0.2) is 20.1 Å². The van der Waals surface area contributed by atoms with Crippen LogP contribution in [0.4, 0.5) is 5.69 Å². The topological polar surface area (TPSA) is 92.4 Å². The fourth-order valence-corrected chi connectivity index (χ4v) is 4.17. The molecule has 21 heavy (non-hydrogen) atoms. The van der Waals surface area contributed by atoms with Crippen molar-refractivity contribution in [1.82, 2.24) is 4.72 Å². The number of anilines is 1. The molecule has 0 aliphatic carbocycles. The van der Waals surface area contributed by atoms with E-state index >= 15 is 0 Å². The molecule has 0 saturated heterocycles. The van der Waals surface area contributed by atoms with E-state index in [2.05, 4.69) is 4.72 Å². The zero-order valence-electron chi connectivity index (χ0n) is 11.6. The molecular formula is C14H18N2O3S2. The normalized spacial score (nSPS) is 13.2. The molecule has 0 spiro atoms. The van der Waals surface area contributed by atoms with Crippen LogP contribution in [0.3, 0.4) is 0 Å². The molecule has 1 aromatic carbocycles. The molecule has 0 radical (unpaired) electrons. The molecule has 2 aromatic rings. The molecule has 114 valence electrons. The minimum Gasteiger partial charge on any atom is -0.399 e. The maximum atomic E-state index is 12.1. The van der Waals surface area contributed by atoms with Gasteiger partial charge in [0.1, 0.15) is 4.21 Å². The molecule has 1 aromatic heterocycles. The second-order valence-corrected chi connectivity index (χ2v) is 7.77. The number of hydrogen-bond donors (Lipinski definition) is 3. The van der Waals surface area contributed by atoms with Gasteiger partial charge in [-0.1, -0.05) is 19.1 Å². The summed E-state index contributed by atoms with van der Waals surface area (Å²) >= 11 is 1.24. The van der Waals surface area contributed by atoms with Crippen LogP contribution < -0.4 is 10.5 Å². The van der Waals surface area contributed by atoms with Gasteiger partial charge in [0.15, 0.2) is 0 Å². The summed E-state index contributed by atoms with van der Waals surface area (Å²) in [5.41, 5.74) is 6.78. The molecule has 0 amide bonds. The number of thiophene rings is 1. The van der Waals surface area contributed by atoms with Gasteiger partial charge in [0.2, 0.25) is 10.0 Å². The smallest absolute Gasteiger partial charge is 0.250 e. The van der Waals surface area contributed by atoms with Crippen LogP contribution in [0, 0.1) is 0 Å². The molecule has 0 fully saturated rings. The Morgan fingerprint density at radius 1 is 1.24 bits per heavy atom. The predicted molar refractivity (Wildman–Crippen MR) is 84.7 cm³/mol. The number of aliphatic hydroxyl groups is 1. The Balaban J connectivity index is 2.02. The molecule has 0 aliphatic heterocycles. The number of sulfonamides is 1. The van der Waals surface area contributed by atoms with Crippen LogP contribution in [0.1, 0.15) is 23.5 Å². The van der Waals surface area contributed by atoms with Crippen LogP contribution in [0.25, 0.3) is 0 Å². The standard InChI is InChI=1S/C14H18N2O3S2/c1-2-12-7-8-14(20-12)21(18,19)16-9-13(17)10-3-5-11(15)6-4-10/h3-8,13,16-17H,2,9,15H2,1H3. The van der Waals surface area contributed by atoms with Crippen molar-refractivity contribution in [3.05, 3.63) is 46.8 Å². The number of rotatable bonds is 6. The minimum absolute atomic E-state index is 0.0778. The van der Waals surface area contributed by atoms with Crippen molar-refractivity contribution in [1.29, 1.82) is 0 Å². The first-order valence-corrected chi connectivity index (χ1v) is 8.84. The summed E-state index contributed by atoms with van der Waals surface area (Å²) in [5.74, 6) is 0. The number of nitrogens with two attached hydrogens (primary N) is 1. The van der Waals surface area contributed by atoms with Gasteiger partial charge in [0.05, 0.1) is 6.10 Å². The van der Waals surface area contributed by atoms with E-state index < -0.39 is 16.1 Å². The zero-order chi connectivity index (χ0) is 15.5. The lowest BCUT2D eigenvalue weighted by Crippen LogP contribution is -2.28. The van der Waals surface area contributed by atoms with Gasteiger partial charge in [-0.05, 0) is 36.2 Å². The first kappa shape index (κ1) is 16.0. The second kappa shape index (κ2) is 6.57. The average Bonchev–Trinajstić information content (AvgIpc) is 2.95. The summed E-state index contributed by atoms with van der Waals surface area (Å²) in [6.45, 7) is 1.89. The quantitative estimate of drug-likeness (QED) is 0.707. The molecule has 7 heteroatoms. The highest BCUT2D eigenvalue weighted by atomic mass is 32.2. The van der Waals surface area contributed by atoms with Crippen molar-refractivity contribution in [3.8, 4) is 0 Å².